The molecule has 0 aromatic heterocycles. The van der Waals surface area contributed by atoms with E-state index in [1.807, 2.05) is 0 Å². The molecule has 250 valence electrons. The Kier molecular flexibility index (Phi) is 17.0. The summed E-state index contributed by atoms with van der Waals surface area (Å²) in [6.07, 6.45) is 0.558. The second-order valence-electron chi connectivity index (χ2n) is 10.1. The van der Waals surface area contributed by atoms with Crippen LogP contribution in [0.3, 0.4) is 0 Å². The molecule has 45 heavy (non-hydrogen) atoms. The molecule has 0 heterocycles. The molecule has 4 amide bonds. The molecule has 18 nitrogen and oxygen atoms in total. The van der Waals surface area contributed by atoms with E-state index in [1.165, 1.54) is 24.3 Å². The van der Waals surface area contributed by atoms with Crippen molar-refractivity contribution in [2.45, 2.75) is 69.1 Å². The van der Waals surface area contributed by atoms with E-state index < -0.39 is 72.7 Å². The van der Waals surface area contributed by atoms with Crippen LogP contribution in [-0.4, -0.2) is 101 Å². The Balaban J connectivity index is 3.23. The van der Waals surface area contributed by atoms with Crippen molar-refractivity contribution in [2.24, 2.45) is 27.9 Å². The van der Waals surface area contributed by atoms with E-state index in [4.69, 9.17) is 28.0 Å². The maximum atomic E-state index is 13.5. The van der Waals surface area contributed by atoms with Crippen molar-refractivity contribution in [1.29, 1.82) is 0 Å². The molecule has 1 aromatic carbocycles. The van der Waals surface area contributed by atoms with E-state index in [0.717, 1.165) is 0 Å². The highest BCUT2D eigenvalue weighted by molar-refractivity contribution is 5.96. The third-order valence-electron chi connectivity index (χ3n) is 6.32. The number of unbranched alkanes of at least 4 members (excludes halogenated alkanes) is 1. The fraction of sp³-hybridized carbons (Fsp3) is 0.519. The number of nitrogens with two attached hydrogens (primary N) is 4. The third kappa shape index (κ3) is 15.9. The van der Waals surface area contributed by atoms with Crippen molar-refractivity contribution in [3.8, 4) is 5.75 Å². The van der Waals surface area contributed by atoms with Gasteiger partial charge in [0.2, 0.25) is 23.6 Å². The third-order valence-corrected chi connectivity index (χ3v) is 6.32. The van der Waals surface area contributed by atoms with Crippen LogP contribution >= 0.6 is 0 Å². The van der Waals surface area contributed by atoms with Crippen molar-refractivity contribution in [1.82, 2.24) is 21.3 Å². The van der Waals surface area contributed by atoms with E-state index in [-0.39, 0.29) is 43.9 Å². The Bertz CT molecular complexity index is 1190. The molecule has 0 aliphatic heterocycles. The number of phenolic OH excluding ortho intramolecular Hbond substituents is 1. The molecule has 0 aliphatic rings. The molecule has 0 saturated carbocycles. The van der Waals surface area contributed by atoms with E-state index in [9.17, 15) is 39.0 Å². The molecule has 1 aromatic rings. The van der Waals surface area contributed by atoms with Crippen LogP contribution in [0.5, 0.6) is 5.75 Å². The van der Waals surface area contributed by atoms with Crippen molar-refractivity contribution >= 4 is 41.5 Å². The van der Waals surface area contributed by atoms with Gasteiger partial charge in [-0.3, -0.25) is 33.8 Å². The largest absolute Gasteiger partial charge is 0.508 e. The molecule has 0 saturated heterocycles. The van der Waals surface area contributed by atoms with Gasteiger partial charge in [0, 0.05) is 13.0 Å². The Labute approximate surface area is 259 Å². The van der Waals surface area contributed by atoms with Gasteiger partial charge in [-0.05, 0) is 49.9 Å². The SMILES string of the molecule is NCCCCC(N)C(=O)NC(CC(=O)O)C(=O)NC(Cc1ccc(O)cc1)C(=O)NC(CCCN=C(N)N)C(=O)NCC(=O)O. The first-order valence-corrected chi connectivity index (χ1v) is 14.1. The minimum Gasteiger partial charge on any atom is -0.508 e. The van der Waals surface area contributed by atoms with Gasteiger partial charge in [0.15, 0.2) is 5.96 Å². The van der Waals surface area contributed by atoms with Gasteiger partial charge in [0.1, 0.15) is 30.4 Å². The molecule has 0 aliphatic carbocycles. The van der Waals surface area contributed by atoms with Crippen molar-refractivity contribution in [3.63, 3.8) is 0 Å². The maximum Gasteiger partial charge on any atom is 0.322 e. The summed E-state index contributed by atoms with van der Waals surface area (Å²) in [6, 6.07) is 0.304. The lowest BCUT2D eigenvalue weighted by molar-refractivity contribution is -0.141. The van der Waals surface area contributed by atoms with Crippen LogP contribution in [0.25, 0.3) is 0 Å². The van der Waals surface area contributed by atoms with Crippen molar-refractivity contribution in [2.75, 3.05) is 19.6 Å². The van der Waals surface area contributed by atoms with Gasteiger partial charge in [0.05, 0.1) is 12.5 Å². The number of aromatic hydroxyl groups is 1. The molecular weight excluding hydrogens is 594 g/mol. The Morgan fingerprint density at radius 3 is 1.93 bits per heavy atom. The number of carboxylic acids is 2. The normalized spacial score (nSPS) is 13.3. The zero-order valence-electron chi connectivity index (χ0n) is 24.7. The highest BCUT2D eigenvalue weighted by atomic mass is 16.4. The Morgan fingerprint density at radius 2 is 1.36 bits per heavy atom. The summed E-state index contributed by atoms with van der Waals surface area (Å²) in [7, 11) is 0. The van der Waals surface area contributed by atoms with Crippen LogP contribution in [-0.2, 0) is 35.2 Å². The molecule has 1 rings (SSSR count). The number of hydrogen-bond donors (Lipinski definition) is 11. The number of nitrogens with one attached hydrogen (secondary N) is 4. The van der Waals surface area contributed by atoms with Gasteiger partial charge in [0.25, 0.3) is 0 Å². The number of aliphatic imine (C=N–C) groups is 1. The van der Waals surface area contributed by atoms with Gasteiger partial charge < -0.3 is 59.5 Å². The zero-order chi connectivity index (χ0) is 33.9. The first kappa shape index (κ1) is 38.1. The maximum absolute atomic E-state index is 13.5. The minimum absolute atomic E-state index is 0.0202. The first-order valence-electron chi connectivity index (χ1n) is 14.1. The lowest BCUT2D eigenvalue weighted by Crippen LogP contribution is -2.58. The van der Waals surface area contributed by atoms with Crippen LogP contribution < -0.4 is 44.2 Å². The quantitative estimate of drug-likeness (QED) is 0.0356. The molecule has 0 radical (unpaired) electrons. The summed E-state index contributed by atoms with van der Waals surface area (Å²) in [5.74, 6) is -6.49. The number of aliphatic carboxylic acids is 2. The number of rotatable bonds is 21. The number of benzene rings is 1. The summed E-state index contributed by atoms with van der Waals surface area (Å²) in [5, 5.41) is 37.4. The molecule has 4 unspecified atom stereocenters. The van der Waals surface area contributed by atoms with Crippen LogP contribution in [0.1, 0.15) is 44.1 Å². The lowest BCUT2D eigenvalue weighted by Gasteiger charge is -2.25. The van der Waals surface area contributed by atoms with Gasteiger partial charge in [-0.2, -0.15) is 0 Å². The average Bonchev–Trinajstić information content (AvgIpc) is 2.97. The van der Waals surface area contributed by atoms with E-state index in [0.29, 0.717) is 24.9 Å². The summed E-state index contributed by atoms with van der Waals surface area (Å²) in [4.78, 5) is 78.4. The monoisotopic (exact) mass is 637 g/mol. The second-order valence-corrected chi connectivity index (χ2v) is 10.1. The Hall–Kier alpha value is -4.97. The fourth-order valence-electron chi connectivity index (χ4n) is 3.98. The van der Waals surface area contributed by atoms with Crippen molar-refractivity contribution < 1.29 is 44.1 Å². The molecular formula is C27H43N9O9. The van der Waals surface area contributed by atoms with Gasteiger partial charge in [-0.1, -0.05) is 18.6 Å². The topological polar surface area (TPSA) is 328 Å². The van der Waals surface area contributed by atoms with Gasteiger partial charge >= 0.3 is 11.9 Å². The molecule has 4 atom stereocenters. The summed E-state index contributed by atoms with van der Waals surface area (Å²) in [5.41, 5.74) is 22.4. The summed E-state index contributed by atoms with van der Waals surface area (Å²) in [6.45, 7) is -0.238. The van der Waals surface area contributed by atoms with E-state index in [1.54, 1.807) is 0 Å². The van der Waals surface area contributed by atoms with Crippen LogP contribution in [0.15, 0.2) is 29.3 Å². The molecule has 15 N–H and O–H groups in total. The molecule has 0 bridgehead atoms. The number of phenols is 1. The number of guanidine groups is 1. The highest BCUT2D eigenvalue weighted by Crippen LogP contribution is 2.12. The summed E-state index contributed by atoms with van der Waals surface area (Å²) < 4.78 is 0. The smallest absolute Gasteiger partial charge is 0.322 e. The van der Waals surface area contributed by atoms with Crippen LogP contribution in [0.2, 0.25) is 0 Å². The predicted molar refractivity (Wildman–Crippen MR) is 161 cm³/mol. The zero-order valence-corrected chi connectivity index (χ0v) is 24.7. The number of carbonyl (C=O) groups excluding carboxylic acids is 4. The van der Waals surface area contributed by atoms with E-state index in [2.05, 4.69) is 26.3 Å². The number of hydrogen-bond acceptors (Lipinski definition) is 10. The molecule has 18 heteroatoms. The predicted octanol–water partition coefficient (Wildman–Crippen LogP) is -3.43. The number of carbonyl (C=O) groups is 6. The standard InChI is InChI=1S/C27H43N9O9/c28-10-2-1-4-17(29)23(42)35-20(13-21(38)39)26(45)36-19(12-15-6-8-16(37)9-7-15)25(44)34-18(5-3-11-32-27(30)31)24(43)33-14-22(40)41/h6-9,17-20,37H,1-5,10-14,28-29H2,(H,33,43)(H,34,44)(H,35,42)(H,36,45)(H,38,39)(H,40,41)(H4,30,31,32). The number of nitrogens with zero attached hydrogens (tertiary/aromatic N) is 1. The number of amides is 4. The van der Waals surface area contributed by atoms with Crippen LogP contribution in [0, 0.1) is 0 Å². The minimum atomic E-state index is -1.61. The highest BCUT2D eigenvalue weighted by Gasteiger charge is 2.31. The lowest BCUT2D eigenvalue weighted by atomic mass is 10.0. The van der Waals surface area contributed by atoms with Crippen LogP contribution in [0.4, 0.5) is 0 Å². The van der Waals surface area contributed by atoms with Gasteiger partial charge in [-0.25, -0.2) is 0 Å². The fourth-order valence-corrected chi connectivity index (χ4v) is 3.98. The Morgan fingerprint density at radius 1 is 0.756 bits per heavy atom. The number of carboxylic acid groups (broad SMARTS) is 2. The van der Waals surface area contributed by atoms with Crippen molar-refractivity contribution in [3.05, 3.63) is 29.8 Å². The summed E-state index contributed by atoms with van der Waals surface area (Å²) >= 11 is 0. The molecule has 0 spiro atoms. The molecule has 0 fully saturated rings. The average molecular weight is 638 g/mol. The second kappa shape index (κ2) is 20.1. The van der Waals surface area contributed by atoms with Gasteiger partial charge in [-0.15, -0.1) is 0 Å². The first-order chi connectivity index (χ1) is 21.2. The van der Waals surface area contributed by atoms with E-state index >= 15 is 0 Å².